The van der Waals surface area contributed by atoms with Gasteiger partial charge in [-0.1, -0.05) is 36.4 Å². The fourth-order valence-electron chi connectivity index (χ4n) is 4.79. The number of rotatable bonds is 7. The molecule has 41 heavy (non-hydrogen) atoms. The smallest absolute Gasteiger partial charge is 0.471 e. The third-order valence-corrected chi connectivity index (χ3v) is 8.69. The number of halogens is 3. The van der Waals surface area contributed by atoms with Crippen molar-refractivity contribution in [1.29, 1.82) is 0 Å². The van der Waals surface area contributed by atoms with Crippen LogP contribution < -0.4 is 15.0 Å². The molecule has 0 saturated carbocycles. The molecule has 1 amide bonds. The Kier molecular flexibility index (Phi) is 7.64. The summed E-state index contributed by atoms with van der Waals surface area (Å²) in [7, 11) is -1.53. The summed E-state index contributed by atoms with van der Waals surface area (Å²) in [5.41, 5.74) is 3.64. The minimum atomic E-state index is -4.97. The minimum Gasteiger partial charge on any atom is -0.497 e. The molecule has 1 atom stereocenters. The van der Waals surface area contributed by atoms with Gasteiger partial charge in [-0.25, -0.2) is 18.1 Å². The van der Waals surface area contributed by atoms with Gasteiger partial charge in [0.15, 0.2) is 21.3 Å². The first-order valence-corrected chi connectivity index (χ1v) is 14.7. The number of nitrogens with zero attached hydrogens (tertiary/aromatic N) is 4. The number of anilines is 1. The first-order chi connectivity index (χ1) is 19.4. The molecule has 0 spiro atoms. The molecule has 3 heterocycles. The van der Waals surface area contributed by atoms with E-state index in [4.69, 9.17) is 9.84 Å². The number of pyridine rings is 1. The fourth-order valence-corrected chi connectivity index (χ4v) is 5.99. The predicted molar refractivity (Wildman–Crippen MR) is 149 cm³/mol. The Morgan fingerprint density at radius 1 is 1.05 bits per heavy atom. The Morgan fingerprint density at radius 2 is 1.71 bits per heavy atom. The molecule has 13 heteroatoms. The second-order valence-electron chi connectivity index (χ2n) is 9.84. The van der Waals surface area contributed by atoms with Crippen molar-refractivity contribution in [2.75, 3.05) is 36.6 Å². The van der Waals surface area contributed by atoms with Crippen molar-refractivity contribution in [2.24, 2.45) is 0 Å². The number of ether oxygens (including phenoxy) is 1. The summed E-state index contributed by atoms with van der Waals surface area (Å²) in [5, 5.41) is 7.59. The number of hydrogen-bond donors (Lipinski definition) is 1. The maximum Gasteiger partial charge on any atom is 0.471 e. The van der Waals surface area contributed by atoms with Crippen LogP contribution >= 0.6 is 0 Å². The van der Waals surface area contributed by atoms with Crippen LogP contribution in [-0.2, 0) is 21.2 Å². The van der Waals surface area contributed by atoms with Crippen molar-refractivity contribution in [2.45, 2.75) is 25.7 Å². The number of sulfone groups is 1. The highest BCUT2D eigenvalue weighted by atomic mass is 32.2. The minimum absolute atomic E-state index is 0.0195. The average Bonchev–Trinajstić information content (AvgIpc) is 3.31. The number of benzene rings is 2. The number of alkyl halides is 3. The van der Waals surface area contributed by atoms with E-state index in [1.54, 1.807) is 42.3 Å². The number of aromatic nitrogens is 3. The van der Waals surface area contributed by atoms with Gasteiger partial charge in [0, 0.05) is 19.3 Å². The topological polar surface area (TPSA) is 106 Å². The Morgan fingerprint density at radius 3 is 2.32 bits per heavy atom. The van der Waals surface area contributed by atoms with Gasteiger partial charge in [0.05, 0.1) is 36.6 Å². The number of fused-ring (bicyclic) bond motifs is 1. The average molecular weight is 588 g/mol. The summed E-state index contributed by atoms with van der Waals surface area (Å²) in [6.07, 6.45) is -3.30. The summed E-state index contributed by atoms with van der Waals surface area (Å²) < 4.78 is 69.4. The van der Waals surface area contributed by atoms with E-state index >= 15 is 0 Å². The lowest BCUT2D eigenvalue weighted by Gasteiger charge is -2.27. The number of carbonyl (C=O) groups excluding carboxylic acids is 1. The van der Waals surface area contributed by atoms with Gasteiger partial charge in [-0.2, -0.15) is 18.3 Å². The lowest BCUT2D eigenvalue weighted by Crippen LogP contribution is -2.40. The van der Waals surface area contributed by atoms with Gasteiger partial charge in [0.1, 0.15) is 5.75 Å². The summed E-state index contributed by atoms with van der Waals surface area (Å²) in [4.78, 5) is 17.9. The van der Waals surface area contributed by atoms with Gasteiger partial charge in [-0.3, -0.25) is 4.79 Å². The summed E-state index contributed by atoms with van der Waals surface area (Å²) in [6.45, 7) is 2.48. The van der Waals surface area contributed by atoms with Crippen LogP contribution in [0, 0.1) is 0 Å². The van der Waals surface area contributed by atoms with Crippen molar-refractivity contribution in [3.63, 3.8) is 0 Å². The maximum absolute atomic E-state index is 12.7. The fraction of sp³-hybridized carbons (Fsp3) is 0.321. The van der Waals surface area contributed by atoms with E-state index in [1.807, 2.05) is 40.5 Å². The van der Waals surface area contributed by atoms with Gasteiger partial charge >= 0.3 is 12.1 Å². The van der Waals surface area contributed by atoms with Crippen molar-refractivity contribution < 1.29 is 31.1 Å². The van der Waals surface area contributed by atoms with Crippen LogP contribution in [0.1, 0.15) is 24.1 Å². The third-order valence-electron chi connectivity index (χ3n) is 7.08. The summed E-state index contributed by atoms with van der Waals surface area (Å²) in [5.74, 6) is -0.619. The first kappa shape index (κ1) is 28.4. The third kappa shape index (κ3) is 6.14. The van der Waals surface area contributed by atoms with Gasteiger partial charge in [0.2, 0.25) is 0 Å². The SMILES string of the molecule is COc1ccc(Cn2nc(N3CCS(=O)(=O)CC3)c3c(-c4ccc([C@@H](C)NC(=O)C(F)(F)F)cc4)ccnc32)cc1. The van der Waals surface area contributed by atoms with E-state index < -0.39 is 28.0 Å². The molecule has 1 N–H and O–H groups in total. The summed E-state index contributed by atoms with van der Waals surface area (Å²) >= 11 is 0. The molecule has 5 rings (SSSR count). The molecule has 1 aliphatic heterocycles. The van der Waals surface area contributed by atoms with Crippen molar-refractivity contribution in [1.82, 2.24) is 20.1 Å². The lowest BCUT2D eigenvalue weighted by atomic mass is 9.99. The highest BCUT2D eigenvalue weighted by molar-refractivity contribution is 7.91. The number of amides is 1. The van der Waals surface area contributed by atoms with Crippen LogP contribution in [0.3, 0.4) is 0 Å². The normalized spacial score (nSPS) is 16.0. The summed E-state index contributed by atoms with van der Waals surface area (Å²) in [6, 6.07) is 15.4. The molecule has 0 aliphatic carbocycles. The van der Waals surface area contributed by atoms with E-state index in [0.29, 0.717) is 36.7 Å². The molecule has 0 bridgehead atoms. The second-order valence-corrected chi connectivity index (χ2v) is 12.1. The zero-order valence-corrected chi connectivity index (χ0v) is 23.2. The van der Waals surface area contributed by atoms with Gasteiger partial charge in [-0.05, 0) is 47.4 Å². The van der Waals surface area contributed by atoms with Crippen LogP contribution in [0.25, 0.3) is 22.2 Å². The molecule has 216 valence electrons. The maximum atomic E-state index is 12.7. The van der Waals surface area contributed by atoms with Gasteiger partial charge in [-0.15, -0.1) is 0 Å². The number of nitrogens with one attached hydrogen (secondary N) is 1. The molecular formula is C28H28F3N5O4S. The highest BCUT2D eigenvalue weighted by Crippen LogP contribution is 2.36. The monoisotopic (exact) mass is 587 g/mol. The van der Waals surface area contributed by atoms with Crippen LogP contribution in [0.15, 0.2) is 60.8 Å². The number of hydrogen-bond acceptors (Lipinski definition) is 7. The molecule has 0 radical (unpaired) electrons. The highest BCUT2D eigenvalue weighted by Gasteiger charge is 2.39. The van der Waals surface area contributed by atoms with E-state index in [9.17, 15) is 26.4 Å². The predicted octanol–water partition coefficient (Wildman–Crippen LogP) is 4.13. The largest absolute Gasteiger partial charge is 0.497 e. The molecular weight excluding hydrogens is 559 g/mol. The lowest BCUT2D eigenvalue weighted by molar-refractivity contribution is -0.174. The number of methoxy groups -OCH3 is 1. The van der Waals surface area contributed by atoms with Crippen LogP contribution in [0.2, 0.25) is 0 Å². The van der Waals surface area contributed by atoms with Crippen LogP contribution in [0.5, 0.6) is 5.75 Å². The molecule has 2 aromatic carbocycles. The molecule has 0 unspecified atom stereocenters. The van der Waals surface area contributed by atoms with Crippen molar-refractivity contribution in [3.05, 3.63) is 71.9 Å². The standard InChI is InChI=1S/C28H28F3N5O4S/c1-18(33-27(37)28(29,30)31)20-5-7-21(8-6-20)23-11-12-32-25-24(23)26(35-13-15-41(38,39)16-14-35)34-36(25)17-19-3-9-22(40-2)10-4-19/h3-12,18H,13-17H2,1-2H3,(H,33,37)/t18-/m1/s1. The molecule has 1 fully saturated rings. The Hall–Kier alpha value is -4.13. The van der Waals surface area contributed by atoms with E-state index in [2.05, 4.69) is 4.98 Å². The van der Waals surface area contributed by atoms with Crippen molar-refractivity contribution >= 4 is 32.6 Å². The molecule has 2 aromatic heterocycles. The van der Waals surface area contributed by atoms with Gasteiger partial charge in [0.25, 0.3) is 0 Å². The molecule has 1 aliphatic rings. The van der Waals surface area contributed by atoms with Crippen LogP contribution in [0.4, 0.5) is 19.0 Å². The zero-order chi connectivity index (χ0) is 29.4. The first-order valence-electron chi connectivity index (χ1n) is 12.9. The Bertz CT molecular complexity index is 1660. The second kappa shape index (κ2) is 11.0. The molecule has 4 aromatic rings. The van der Waals surface area contributed by atoms with E-state index in [-0.39, 0.29) is 11.5 Å². The quantitative estimate of drug-likeness (QED) is 0.347. The van der Waals surface area contributed by atoms with E-state index in [1.165, 1.54) is 6.92 Å². The zero-order valence-electron chi connectivity index (χ0n) is 22.4. The molecule has 1 saturated heterocycles. The Balaban J connectivity index is 1.53. The van der Waals surface area contributed by atoms with Crippen LogP contribution in [-0.4, -0.2) is 67.0 Å². The van der Waals surface area contributed by atoms with Gasteiger partial charge < -0.3 is 15.0 Å². The van der Waals surface area contributed by atoms with E-state index in [0.717, 1.165) is 27.8 Å². The molecule has 9 nitrogen and oxygen atoms in total. The Labute approximate surface area is 234 Å². The number of carbonyl (C=O) groups is 1. The van der Waals surface area contributed by atoms with Crippen molar-refractivity contribution in [3.8, 4) is 16.9 Å².